The van der Waals surface area contributed by atoms with Crippen molar-refractivity contribution in [2.75, 3.05) is 6.54 Å². The Morgan fingerprint density at radius 3 is 2.79 bits per heavy atom. The fraction of sp³-hybridized carbons (Fsp3) is 0.412. The topological polar surface area (TPSA) is 89.0 Å². The summed E-state index contributed by atoms with van der Waals surface area (Å²) >= 11 is 0. The van der Waals surface area contributed by atoms with Gasteiger partial charge in [0.05, 0.1) is 11.8 Å². The van der Waals surface area contributed by atoms with E-state index in [4.69, 9.17) is 0 Å². The molecule has 1 amide bonds. The summed E-state index contributed by atoms with van der Waals surface area (Å²) in [5.41, 5.74) is 0.803. The third-order valence-electron chi connectivity index (χ3n) is 3.87. The number of carbonyl (C=O) groups is 1. The minimum absolute atomic E-state index is 0.154. The molecule has 2 atom stereocenters. The fourth-order valence-electron chi connectivity index (χ4n) is 2.46. The first-order valence-corrected chi connectivity index (χ1v) is 7.75. The first-order valence-electron chi connectivity index (χ1n) is 7.75. The zero-order chi connectivity index (χ0) is 17.7. The molecule has 1 aromatic carbocycles. The lowest BCUT2D eigenvalue weighted by Crippen LogP contribution is -2.48. The minimum atomic E-state index is -1.26. The number of aliphatic hydroxyl groups is 1. The van der Waals surface area contributed by atoms with Gasteiger partial charge in [0, 0.05) is 12.6 Å². The molecule has 1 aromatic rings. The number of amides is 1. The molecule has 0 radical (unpaired) electrons. The van der Waals surface area contributed by atoms with Crippen LogP contribution in [-0.2, 0) is 4.79 Å². The maximum Gasteiger partial charge on any atom is 0.246 e. The molecule has 1 aliphatic heterocycles. The van der Waals surface area contributed by atoms with Crippen molar-refractivity contribution in [2.24, 2.45) is 16.1 Å². The number of aliphatic hydroxyl groups excluding tert-OH is 1. The van der Waals surface area contributed by atoms with Crippen LogP contribution in [0.5, 0.6) is 0 Å². The number of azo groups is 1. The van der Waals surface area contributed by atoms with E-state index in [1.54, 1.807) is 13.0 Å². The van der Waals surface area contributed by atoms with E-state index >= 15 is 0 Å². The minimum Gasteiger partial charge on any atom is -0.368 e. The van der Waals surface area contributed by atoms with E-state index in [0.717, 1.165) is 6.42 Å². The largest absolute Gasteiger partial charge is 0.368 e. The summed E-state index contributed by atoms with van der Waals surface area (Å²) in [4.78, 5) is 13.6. The summed E-state index contributed by atoms with van der Waals surface area (Å²) in [6.45, 7) is 3.88. The highest BCUT2D eigenvalue weighted by atomic mass is 19.1. The van der Waals surface area contributed by atoms with E-state index in [1.165, 1.54) is 23.1 Å². The molecule has 0 spiro atoms. The number of halogens is 1. The summed E-state index contributed by atoms with van der Waals surface area (Å²) in [6.07, 6.45) is 0.288. The molecule has 0 fully saturated rings. The van der Waals surface area contributed by atoms with Gasteiger partial charge >= 0.3 is 0 Å². The predicted octanol–water partition coefficient (Wildman–Crippen LogP) is 3.28. The van der Waals surface area contributed by atoms with Gasteiger partial charge in [-0.25, -0.2) is 4.39 Å². The van der Waals surface area contributed by atoms with Gasteiger partial charge in [0.2, 0.25) is 5.91 Å². The van der Waals surface area contributed by atoms with Crippen LogP contribution in [-0.4, -0.2) is 28.7 Å². The van der Waals surface area contributed by atoms with Crippen LogP contribution in [0.1, 0.15) is 26.7 Å². The van der Waals surface area contributed by atoms with Crippen molar-refractivity contribution in [3.05, 3.63) is 41.4 Å². The smallest absolute Gasteiger partial charge is 0.246 e. The maximum absolute atomic E-state index is 13.2. The number of rotatable bonds is 5. The van der Waals surface area contributed by atoms with Gasteiger partial charge < -0.3 is 10.0 Å². The van der Waals surface area contributed by atoms with E-state index in [9.17, 15) is 19.6 Å². The second-order valence-corrected chi connectivity index (χ2v) is 5.57. The maximum atomic E-state index is 13.2. The lowest BCUT2D eigenvalue weighted by molar-refractivity contribution is -0.142. The monoisotopic (exact) mass is 330 g/mol. The van der Waals surface area contributed by atoms with Gasteiger partial charge in [-0.05, 0) is 31.1 Å². The van der Waals surface area contributed by atoms with Crippen LogP contribution in [0.2, 0.25) is 0 Å². The van der Waals surface area contributed by atoms with E-state index in [2.05, 4.69) is 10.2 Å². The Morgan fingerprint density at radius 1 is 1.42 bits per heavy atom. The first-order chi connectivity index (χ1) is 11.5. The highest BCUT2D eigenvalue weighted by Crippen LogP contribution is 2.30. The first kappa shape index (κ1) is 17.8. The third-order valence-corrected chi connectivity index (χ3v) is 3.87. The van der Waals surface area contributed by atoms with E-state index in [1.807, 2.05) is 13.0 Å². The van der Waals surface area contributed by atoms with Crippen LogP contribution < -0.4 is 0 Å². The number of nitrogens with zero attached hydrogens (tertiary/aromatic N) is 4. The molecule has 24 heavy (non-hydrogen) atoms. The number of hydrogen-bond donors (Lipinski definition) is 1. The Labute approximate surface area is 139 Å². The van der Waals surface area contributed by atoms with Gasteiger partial charge in [0.1, 0.15) is 17.4 Å². The highest BCUT2D eigenvalue weighted by Gasteiger charge is 2.39. The van der Waals surface area contributed by atoms with E-state index < -0.39 is 23.9 Å². The molecule has 1 heterocycles. The van der Waals surface area contributed by atoms with E-state index in [-0.39, 0.29) is 11.4 Å². The number of hydrogen-bond acceptors (Lipinski definition) is 5. The Morgan fingerprint density at radius 2 is 2.17 bits per heavy atom. The summed E-state index contributed by atoms with van der Waals surface area (Å²) in [5.74, 6) is -1.87. The highest BCUT2D eigenvalue weighted by molar-refractivity contribution is 5.86. The van der Waals surface area contributed by atoms with Crippen LogP contribution >= 0.6 is 0 Å². The normalized spacial score (nSPS) is 21.5. The summed E-state index contributed by atoms with van der Waals surface area (Å²) in [5, 5.41) is 27.6. The third kappa shape index (κ3) is 3.66. The van der Waals surface area contributed by atoms with Gasteiger partial charge in [0.25, 0.3) is 0 Å². The number of benzene rings is 1. The Bertz CT molecular complexity index is 724. The van der Waals surface area contributed by atoms with Crippen molar-refractivity contribution < 1.29 is 14.3 Å². The molecule has 0 saturated heterocycles. The molecule has 1 N–H and O–H groups in total. The molecular formula is C17H19FN4O2. The Hall–Kier alpha value is -2.59. The Kier molecular flexibility index (Phi) is 5.77. The van der Waals surface area contributed by atoms with Gasteiger partial charge in [-0.3, -0.25) is 4.79 Å². The van der Waals surface area contributed by atoms with Crippen LogP contribution in [0.25, 0.3) is 0 Å². The molecule has 0 saturated carbocycles. The molecular weight excluding hydrogens is 311 g/mol. The molecule has 7 heteroatoms. The van der Waals surface area contributed by atoms with Crippen molar-refractivity contribution in [1.82, 2.24) is 4.90 Å². The zero-order valence-corrected chi connectivity index (χ0v) is 13.6. The van der Waals surface area contributed by atoms with Crippen molar-refractivity contribution in [3.8, 4) is 6.07 Å². The van der Waals surface area contributed by atoms with Crippen molar-refractivity contribution in [1.29, 1.82) is 5.26 Å². The molecule has 0 aromatic heterocycles. The standard InChI is InChI=1S/C17H19FN4O2/c1-3-4-8-22-16(23)14(10-19)11(2)15(17(22)24)21-20-13-7-5-6-12(18)9-13/h5-7,9,14,17,24H,3-4,8H2,1-2H3. The lowest BCUT2D eigenvalue weighted by atomic mass is 9.93. The Balaban J connectivity index is 2.36. The lowest BCUT2D eigenvalue weighted by Gasteiger charge is -2.34. The molecule has 6 nitrogen and oxygen atoms in total. The molecule has 0 bridgehead atoms. The van der Waals surface area contributed by atoms with Crippen molar-refractivity contribution in [3.63, 3.8) is 0 Å². The van der Waals surface area contributed by atoms with Gasteiger partial charge in [0.15, 0.2) is 6.23 Å². The van der Waals surface area contributed by atoms with E-state index in [0.29, 0.717) is 18.5 Å². The summed E-state index contributed by atoms with van der Waals surface area (Å²) < 4.78 is 13.2. The summed E-state index contributed by atoms with van der Waals surface area (Å²) in [6, 6.07) is 7.50. The average Bonchev–Trinajstić information content (AvgIpc) is 2.55. The second kappa shape index (κ2) is 7.79. The van der Waals surface area contributed by atoms with Crippen LogP contribution in [0.15, 0.2) is 45.8 Å². The molecule has 2 unspecified atom stereocenters. The van der Waals surface area contributed by atoms with Crippen molar-refractivity contribution in [2.45, 2.75) is 32.9 Å². The van der Waals surface area contributed by atoms with Gasteiger partial charge in [-0.2, -0.15) is 15.5 Å². The number of unbranched alkanes of at least 4 members (excludes halogenated alkanes) is 1. The molecule has 0 aliphatic carbocycles. The molecule has 126 valence electrons. The van der Waals surface area contributed by atoms with Gasteiger partial charge in [-0.1, -0.05) is 19.4 Å². The second-order valence-electron chi connectivity index (χ2n) is 5.57. The quantitative estimate of drug-likeness (QED) is 0.840. The summed E-state index contributed by atoms with van der Waals surface area (Å²) in [7, 11) is 0. The SMILES string of the molecule is CCCCN1C(=O)C(C#N)C(C)=C(N=Nc2cccc(F)c2)C1O. The molecule has 1 aliphatic rings. The average molecular weight is 330 g/mol. The van der Waals surface area contributed by atoms with Crippen LogP contribution in [0.4, 0.5) is 10.1 Å². The van der Waals surface area contributed by atoms with Crippen LogP contribution in [0, 0.1) is 23.1 Å². The zero-order valence-electron chi connectivity index (χ0n) is 13.6. The van der Waals surface area contributed by atoms with Gasteiger partial charge in [-0.15, -0.1) is 0 Å². The number of nitriles is 1. The fourth-order valence-corrected chi connectivity index (χ4v) is 2.46. The predicted molar refractivity (Wildman–Crippen MR) is 85.3 cm³/mol. The molecule has 2 rings (SSSR count). The van der Waals surface area contributed by atoms with Crippen LogP contribution in [0.3, 0.4) is 0 Å². The van der Waals surface area contributed by atoms with Crippen molar-refractivity contribution >= 4 is 11.6 Å². The number of carbonyl (C=O) groups excluding carboxylic acids is 1.